The summed E-state index contributed by atoms with van der Waals surface area (Å²) in [6, 6.07) is 15.7. The molecule has 0 radical (unpaired) electrons. The van der Waals surface area contributed by atoms with Gasteiger partial charge < -0.3 is 10.8 Å². The number of anilines is 1. The largest absolute Gasteiger partial charge is 0.399 e. The van der Waals surface area contributed by atoms with Crippen LogP contribution in [0.3, 0.4) is 0 Å². The first-order valence-corrected chi connectivity index (χ1v) is 8.20. The van der Waals surface area contributed by atoms with E-state index in [-0.39, 0.29) is 5.56 Å². The highest BCUT2D eigenvalue weighted by Crippen LogP contribution is 2.13. The maximum absolute atomic E-state index is 12.2. The molecule has 1 aliphatic heterocycles. The van der Waals surface area contributed by atoms with Gasteiger partial charge in [0.25, 0.3) is 5.56 Å². The first-order chi connectivity index (χ1) is 12.2. The molecule has 0 aliphatic carbocycles. The number of H-pyrrole nitrogens is 2. The molecule has 4 rings (SSSR count). The summed E-state index contributed by atoms with van der Waals surface area (Å²) in [6.07, 6.45) is 5.39. The number of allylic oxidation sites excluding steroid dienone is 1. The quantitative estimate of drug-likeness (QED) is 0.634. The van der Waals surface area contributed by atoms with Crippen molar-refractivity contribution in [3.05, 3.63) is 92.0 Å². The number of nitrogens with one attached hydrogen (secondary N) is 2. The average molecular weight is 330 g/mol. The number of aromatic amines is 2. The van der Waals surface area contributed by atoms with Crippen LogP contribution in [-0.2, 0) is 12.8 Å². The van der Waals surface area contributed by atoms with E-state index in [0.29, 0.717) is 5.56 Å². The number of hydrogen-bond donors (Lipinski definition) is 3. The minimum absolute atomic E-state index is 0.126. The molecule has 0 saturated carbocycles. The van der Waals surface area contributed by atoms with Crippen molar-refractivity contribution in [2.45, 2.75) is 12.8 Å². The Balaban J connectivity index is 1.60. The van der Waals surface area contributed by atoms with Crippen LogP contribution in [-0.4, -0.2) is 10.2 Å². The molecule has 124 valence electrons. The Hall–Kier alpha value is -3.34. The van der Waals surface area contributed by atoms with Gasteiger partial charge in [0.15, 0.2) is 0 Å². The van der Waals surface area contributed by atoms with Crippen molar-refractivity contribution in [2.24, 2.45) is 4.99 Å². The predicted octanol–water partition coefficient (Wildman–Crippen LogP) is 1.53. The van der Waals surface area contributed by atoms with Crippen molar-refractivity contribution in [2.75, 3.05) is 5.73 Å². The van der Waals surface area contributed by atoms with Gasteiger partial charge >= 0.3 is 0 Å². The maximum Gasteiger partial charge on any atom is 0.271 e. The zero-order valence-electron chi connectivity index (χ0n) is 13.6. The summed E-state index contributed by atoms with van der Waals surface area (Å²) in [5.41, 5.74) is 9.83. The lowest BCUT2D eigenvalue weighted by Gasteiger charge is -2.02. The molecule has 0 saturated heterocycles. The van der Waals surface area contributed by atoms with Gasteiger partial charge in [0.2, 0.25) is 0 Å². The normalized spacial score (nSPS) is 14.2. The number of aromatic nitrogens is 2. The monoisotopic (exact) mass is 330 g/mol. The topological polar surface area (TPSA) is 87.0 Å². The molecule has 5 nitrogen and oxygen atoms in total. The van der Waals surface area contributed by atoms with Crippen LogP contribution in [0.15, 0.2) is 64.0 Å². The van der Waals surface area contributed by atoms with Crippen molar-refractivity contribution in [1.82, 2.24) is 10.2 Å². The number of fused-ring (bicyclic) bond motifs is 1. The van der Waals surface area contributed by atoms with Gasteiger partial charge in [0, 0.05) is 16.6 Å². The number of aryl methyl sites for hydroxylation is 2. The van der Waals surface area contributed by atoms with Crippen LogP contribution in [0.4, 0.5) is 5.69 Å². The summed E-state index contributed by atoms with van der Waals surface area (Å²) in [5, 5.41) is 7.67. The van der Waals surface area contributed by atoms with Gasteiger partial charge in [-0.05, 0) is 48.8 Å². The molecule has 0 atom stereocenters. The highest BCUT2D eigenvalue weighted by atomic mass is 16.1. The summed E-state index contributed by atoms with van der Waals surface area (Å²) in [4.78, 5) is 16.7. The van der Waals surface area contributed by atoms with Crippen molar-refractivity contribution in [3.63, 3.8) is 0 Å². The zero-order chi connectivity index (χ0) is 17.2. The molecule has 0 unspecified atom stereocenters. The molecule has 1 aliphatic rings. The lowest BCUT2D eigenvalue weighted by Crippen LogP contribution is -2.19. The molecule has 0 fully saturated rings. The van der Waals surface area contributed by atoms with E-state index in [1.807, 2.05) is 60.7 Å². The first kappa shape index (κ1) is 15.2. The summed E-state index contributed by atoms with van der Waals surface area (Å²) in [5.74, 6) is 0. The Bertz CT molecular complexity index is 1080. The number of nitrogen functional groups attached to an aromatic ring is 1. The number of nitrogens with zero attached hydrogens (tertiary/aromatic N) is 1. The van der Waals surface area contributed by atoms with E-state index in [4.69, 9.17) is 5.73 Å². The maximum atomic E-state index is 12.2. The van der Waals surface area contributed by atoms with Crippen molar-refractivity contribution >= 4 is 17.8 Å². The molecule has 1 aromatic heterocycles. The predicted molar refractivity (Wildman–Crippen MR) is 99.3 cm³/mol. The lowest BCUT2D eigenvalue weighted by molar-refractivity contribution is 0.889. The molecule has 25 heavy (non-hydrogen) atoms. The summed E-state index contributed by atoms with van der Waals surface area (Å²) in [6.45, 7) is 0. The molecule has 4 N–H and O–H groups in total. The molecular formula is C20H18N4O. The zero-order valence-corrected chi connectivity index (χ0v) is 13.6. The van der Waals surface area contributed by atoms with Crippen LogP contribution in [0.5, 0.6) is 0 Å². The molecule has 2 aromatic carbocycles. The van der Waals surface area contributed by atoms with Crippen molar-refractivity contribution < 1.29 is 0 Å². The molecular weight excluding hydrogens is 312 g/mol. The van der Waals surface area contributed by atoms with Gasteiger partial charge in [-0.2, -0.15) is 0 Å². The number of para-hydroxylation sites is 1. The van der Waals surface area contributed by atoms with Gasteiger partial charge in [-0.3, -0.25) is 9.89 Å². The third-order valence-corrected chi connectivity index (χ3v) is 4.32. The van der Waals surface area contributed by atoms with Gasteiger partial charge in [0.05, 0.1) is 16.6 Å². The Morgan fingerprint density at radius 2 is 1.80 bits per heavy atom. The first-order valence-electron chi connectivity index (χ1n) is 8.20. The van der Waals surface area contributed by atoms with Crippen molar-refractivity contribution in [3.8, 4) is 0 Å². The SMILES string of the molecule is Nc1ccc(CCc2[nH][nH]c(=O)c2C=C2C=c3ccccc3=N2)cc1. The highest BCUT2D eigenvalue weighted by Gasteiger charge is 2.10. The van der Waals surface area contributed by atoms with E-state index in [2.05, 4.69) is 15.2 Å². The average Bonchev–Trinajstić information content (AvgIpc) is 3.18. The van der Waals surface area contributed by atoms with Crippen LogP contribution in [0.25, 0.3) is 12.2 Å². The van der Waals surface area contributed by atoms with Crippen LogP contribution >= 0.6 is 0 Å². The fourth-order valence-electron chi connectivity index (χ4n) is 2.97. The van der Waals surface area contributed by atoms with Gasteiger partial charge in [-0.1, -0.05) is 30.3 Å². The van der Waals surface area contributed by atoms with E-state index in [1.54, 1.807) is 0 Å². The summed E-state index contributed by atoms with van der Waals surface area (Å²) < 4.78 is 0. The van der Waals surface area contributed by atoms with E-state index in [1.165, 1.54) is 5.56 Å². The fraction of sp³-hybridized carbons (Fsp3) is 0.100. The third-order valence-electron chi connectivity index (χ3n) is 4.32. The third kappa shape index (κ3) is 3.17. The fourth-order valence-corrected chi connectivity index (χ4v) is 2.97. The molecule has 5 heteroatoms. The Morgan fingerprint density at radius 1 is 1.00 bits per heavy atom. The molecule has 0 spiro atoms. The van der Waals surface area contributed by atoms with Crippen LogP contribution < -0.4 is 21.9 Å². The molecule has 3 aromatic rings. The highest BCUT2D eigenvalue weighted by molar-refractivity contribution is 5.66. The Kier molecular flexibility index (Phi) is 3.82. The smallest absolute Gasteiger partial charge is 0.271 e. The molecule has 0 bridgehead atoms. The van der Waals surface area contributed by atoms with Crippen LogP contribution in [0.2, 0.25) is 0 Å². The summed E-state index contributed by atoms with van der Waals surface area (Å²) >= 11 is 0. The van der Waals surface area contributed by atoms with Crippen LogP contribution in [0, 0.1) is 0 Å². The van der Waals surface area contributed by atoms with Crippen molar-refractivity contribution in [1.29, 1.82) is 0 Å². The second-order valence-electron chi connectivity index (χ2n) is 6.10. The van der Waals surface area contributed by atoms with E-state index in [9.17, 15) is 4.79 Å². The minimum atomic E-state index is -0.126. The number of nitrogens with two attached hydrogens (primary N) is 1. The number of hydrogen-bond acceptors (Lipinski definition) is 3. The number of benzene rings is 2. The van der Waals surface area contributed by atoms with E-state index in [0.717, 1.165) is 40.5 Å². The van der Waals surface area contributed by atoms with Crippen LogP contribution in [0.1, 0.15) is 16.8 Å². The van der Waals surface area contributed by atoms with Gasteiger partial charge in [0.1, 0.15) is 0 Å². The second kappa shape index (κ2) is 6.28. The van der Waals surface area contributed by atoms with Gasteiger partial charge in [-0.25, -0.2) is 4.99 Å². The molecule has 2 heterocycles. The lowest BCUT2D eigenvalue weighted by atomic mass is 10.1. The Morgan fingerprint density at radius 3 is 2.60 bits per heavy atom. The molecule has 0 amide bonds. The van der Waals surface area contributed by atoms with E-state index >= 15 is 0 Å². The standard InChI is InChI=1S/C20H18N4O/c21-15-8-5-13(6-9-15)7-10-19-17(20(25)24-23-19)12-16-11-14-3-1-2-4-18(14)22-16/h1-6,8-9,11-12H,7,10,21H2,(H2,23,24,25). The Labute approximate surface area is 144 Å². The minimum Gasteiger partial charge on any atom is -0.399 e. The summed E-state index contributed by atoms with van der Waals surface area (Å²) in [7, 11) is 0. The van der Waals surface area contributed by atoms with Gasteiger partial charge in [-0.15, -0.1) is 0 Å². The van der Waals surface area contributed by atoms with E-state index < -0.39 is 0 Å². The number of rotatable bonds is 4. The second-order valence-corrected chi connectivity index (χ2v) is 6.10.